The highest BCUT2D eigenvalue weighted by Crippen LogP contribution is 2.38. The molecule has 0 saturated carbocycles. The van der Waals surface area contributed by atoms with Gasteiger partial charge in [0.15, 0.2) is 12.2 Å². The van der Waals surface area contributed by atoms with E-state index in [4.69, 9.17) is 23.6 Å². The first-order valence-corrected chi connectivity index (χ1v) is 16.2. The molecule has 248 valence electrons. The molecule has 2 aromatic heterocycles. The third kappa shape index (κ3) is 7.92. The van der Waals surface area contributed by atoms with Crippen LogP contribution in [0.1, 0.15) is 36.8 Å². The van der Waals surface area contributed by atoms with Crippen molar-refractivity contribution in [2.75, 3.05) is 43.6 Å². The van der Waals surface area contributed by atoms with E-state index in [1.165, 1.54) is 43.6 Å². The van der Waals surface area contributed by atoms with Gasteiger partial charge in [0.1, 0.15) is 23.1 Å². The van der Waals surface area contributed by atoms with Crippen molar-refractivity contribution in [3.05, 3.63) is 96.6 Å². The molecule has 48 heavy (non-hydrogen) atoms. The lowest BCUT2D eigenvalue weighted by Gasteiger charge is -2.26. The van der Waals surface area contributed by atoms with Crippen molar-refractivity contribution < 1.29 is 23.4 Å². The van der Waals surface area contributed by atoms with Crippen molar-refractivity contribution in [2.45, 2.75) is 39.5 Å². The maximum absolute atomic E-state index is 14.1. The molecule has 11 nitrogen and oxygen atoms in total. The molecule has 3 heterocycles. The average molecular weight is 649 g/mol. The molecule has 0 spiro atoms. The van der Waals surface area contributed by atoms with Gasteiger partial charge in [0.25, 0.3) is 0 Å². The van der Waals surface area contributed by atoms with Gasteiger partial charge in [-0.2, -0.15) is 4.98 Å². The number of hydrogen-bond donors (Lipinski definition) is 1. The Labute approximate surface area is 280 Å². The normalized spacial score (nSPS) is 13.1. The molecule has 1 aliphatic rings. The van der Waals surface area contributed by atoms with Crippen LogP contribution >= 0.6 is 0 Å². The third-order valence-electron chi connectivity index (χ3n) is 8.24. The molecule has 3 aromatic carbocycles. The van der Waals surface area contributed by atoms with Crippen molar-refractivity contribution in [1.82, 2.24) is 19.9 Å². The third-order valence-corrected chi connectivity index (χ3v) is 8.24. The summed E-state index contributed by atoms with van der Waals surface area (Å²) < 4.78 is 23.2. The summed E-state index contributed by atoms with van der Waals surface area (Å²) in [7, 11) is 1.57. The predicted molar refractivity (Wildman–Crippen MR) is 185 cm³/mol. The number of hydrogen-bond acceptors (Lipinski definition) is 10. The molecule has 1 fully saturated rings. The highest BCUT2D eigenvalue weighted by Gasteiger charge is 2.27. The van der Waals surface area contributed by atoms with E-state index in [2.05, 4.69) is 20.2 Å². The highest BCUT2D eigenvalue weighted by atomic mass is 16.6. The number of aromatic nitrogens is 3. The van der Waals surface area contributed by atoms with E-state index in [-0.39, 0.29) is 5.82 Å². The lowest BCUT2D eigenvalue weighted by Crippen LogP contribution is -2.31. The summed E-state index contributed by atoms with van der Waals surface area (Å²) in [5, 5.41) is 3.24. The fraction of sp³-hybridized carbons (Fsp3) is 0.297. The number of benzene rings is 3. The second-order valence-corrected chi connectivity index (χ2v) is 11.7. The predicted octanol–water partition coefficient (Wildman–Crippen LogP) is 8.09. The van der Waals surface area contributed by atoms with Crippen LogP contribution in [0.25, 0.3) is 11.3 Å². The van der Waals surface area contributed by atoms with E-state index >= 15 is 0 Å². The highest BCUT2D eigenvalue weighted by molar-refractivity contribution is 6.00. The minimum absolute atomic E-state index is 0.281. The second kappa shape index (κ2) is 15.4. The van der Waals surface area contributed by atoms with Crippen molar-refractivity contribution in [3.8, 4) is 28.6 Å². The Morgan fingerprint density at radius 3 is 2.48 bits per heavy atom. The maximum atomic E-state index is 14.1. The minimum Gasteiger partial charge on any atom is -0.497 e. The van der Waals surface area contributed by atoms with Gasteiger partial charge < -0.3 is 28.8 Å². The number of rotatable bonds is 12. The Bertz CT molecular complexity index is 1790. The minimum atomic E-state index is -0.662. The number of amides is 1. The molecular formula is C37H40N6O5. The molecule has 1 saturated heterocycles. The summed E-state index contributed by atoms with van der Waals surface area (Å²) in [4.78, 5) is 31.3. The summed E-state index contributed by atoms with van der Waals surface area (Å²) in [6, 6.07) is 20.3. The Kier molecular flexibility index (Phi) is 10.5. The number of carbonyl (C=O) groups is 1. The van der Waals surface area contributed by atoms with Crippen LogP contribution in [0.15, 0.2) is 89.9 Å². The average Bonchev–Trinajstić information content (AvgIpc) is 3.65. The smallest absolute Gasteiger partial charge is 0.425 e. The largest absolute Gasteiger partial charge is 0.497 e. The maximum Gasteiger partial charge on any atom is 0.425 e. The quantitative estimate of drug-likeness (QED) is 0.133. The fourth-order valence-corrected chi connectivity index (χ4v) is 5.75. The van der Waals surface area contributed by atoms with E-state index in [0.717, 1.165) is 35.5 Å². The zero-order chi connectivity index (χ0) is 33.3. The topological polar surface area (TPSA) is 115 Å². The Hall–Kier alpha value is -5.42. The summed E-state index contributed by atoms with van der Waals surface area (Å²) in [5.74, 6) is 2.87. The summed E-state index contributed by atoms with van der Waals surface area (Å²) in [5.41, 5.74) is 3.44. The van der Waals surface area contributed by atoms with Crippen LogP contribution in [0.4, 0.5) is 27.9 Å². The molecule has 0 bridgehead atoms. The monoisotopic (exact) mass is 648 g/mol. The first kappa shape index (κ1) is 32.5. The van der Waals surface area contributed by atoms with Crippen molar-refractivity contribution in [3.63, 3.8) is 0 Å². The van der Waals surface area contributed by atoms with Gasteiger partial charge in [-0.05, 0) is 99.8 Å². The Morgan fingerprint density at radius 2 is 1.75 bits per heavy atom. The number of methoxy groups -OCH3 is 1. The van der Waals surface area contributed by atoms with E-state index in [1.807, 2.05) is 56.3 Å². The van der Waals surface area contributed by atoms with Gasteiger partial charge in [-0.3, -0.25) is 0 Å². The molecule has 1 N–H and O–H groups in total. The van der Waals surface area contributed by atoms with E-state index in [0.29, 0.717) is 41.1 Å². The van der Waals surface area contributed by atoms with Gasteiger partial charge in [-0.25, -0.2) is 19.7 Å². The van der Waals surface area contributed by atoms with Crippen LogP contribution < -0.4 is 24.4 Å². The Morgan fingerprint density at radius 1 is 0.979 bits per heavy atom. The number of para-hydroxylation sites is 1. The number of ether oxygens (including phenoxy) is 3. The molecule has 0 radical (unpaired) electrons. The number of aryl methyl sites for hydroxylation is 2. The first-order valence-electron chi connectivity index (χ1n) is 16.2. The summed E-state index contributed by atoms with van der Waals surface area (Å²) in [6.45, 7) is 7.91. The van der Waals surface area contributed by atoms with Crippen molar-refractivity contribution in [2.24, 2.45) is 0 Å². The molecule has 1 amide bonds. The Balaban J connectivity index is 1.24. The SMILES string of the molecule is COc1ccc(N(C(=O)Oc2c(C)cccc2C)c2ccnc(Nc3ccc(OCCCN4CCCCC4)cc3)n2)c(-c2cnco2)c1. The number of piperidine rings is 1. The number of likely N-dealkylation sites (tertiary alicyclic amines) is 1. The zero-order valence-corrected chi connectivity index (χ0v) is 27.5. The lowest BCUT2D eigenvalue weighted by atomic mass is 10.1. The molecule has 1 aliphatic heterocycles. The van der Waals surface area contributed by atoms with Crippen LogP contribution in [0.5, 0.6) is 17.2 Å². The number of nitrogens with zero attached hydrogens (tertiary/aromatic N) is 5. The molecule has 0 aliphatic carbocycles. The molecular weight excluding hydrogens is 608 g/mol. The van der Waals surface area contributed by atoms with Gasteiger partial charge in [0, 0.05) is 30.1 Å². The zero-order valence-electron chi connectivity index (χ0n) is 27.5. The van der Waals surface area contributed by atoms with Gasteiger partial charge in [-0.1, -0.05) is 24.6 Å². The molecule has 5 aromatic rings. The number of anilines is 4. The molecule has 11 heteroatoms. The van der Waals surface area contributed by atoms with Crippen molar-refractivity contribution >= 4 is 29.2 Å². The van der Waals surface area contributed by atoms with Gasteiger partial charge in [-0.15, -0.1) is 0 Å². The van der Waals surface area contributed by atoms with Crippen molar-refractivity contribution in [1.29, 1.82) is 0 Å². The van der Waals surface area contributed by atoms with Gasteiger partial charge in [0.2, 0.25) is 5.95 Å². The lowest BCUT2D eigenvalue weighted by molar-refractivity contribution is 0.205. The van der Waals surface area contributed by atoms with Crippen LogP contribution in [0.3, 0.4) is 0 Å². The molecule has 0 atom stereocenters. The number of carbonyl (C=O) groups excluding carboxylic acids is 1. The second-order valence-electron chi connectivity index (χ2n) is 11.7. The van der Waals surface area contributed by atoms with Gasteiger partial charge >= 0.3 is 6.09 Å². The van der Waals surface area contributed by atoms with E-state index in [1.54, 1.807) is 43.8 Å². The van der Waals surface area contributed by atoms with Crippen LogP contribution in [0.2, 0.25) is 0 Å². The number of oxazole rings is 1. The standard InChI is InChI=1S/C37H40N6O5/c1-26-9-7-10-27(2)35(26)48-37(44)43(32-16-15-30(45-3)23-31(32)33-24-38-25-47-33)34-17-18-39-36(41-34)40-28-11-13-29(14-12-28)46-22-8-21-42-19-5-4-6-20-42/h7,9-18,23-25H,4-6,8,19-22H2,1-3H3,(H,39,40,41). The molecule has 6 rings (SSSR count). The first-order chi connectivity index (χ1) is 23.5. The summed E-state index contributed by atoms with van der Waals surface area (Å²) >= 11 is 0. The molecule has 0 unspecified atom stereocenters. The van der Waals surface area contributed by atoms with Crippen LogP contribution in [-0.2, 0) is 0 Å². The van der Waals surface area contributed by atoms with E-state index in [9.17, 15) is 4.79 Å². The fourth-order valence-electron chi connectivity index (χ4n) is 5.75. The number of nitrogens with one attached hydrogen (secondary N) is 1. The van der Waals surface area contributed by atoms with E-state index < -0.39 is 6.09 Å². The summed E-state index contributed by atoms with van der Waals surface area (Å²) in [6.07, 6.45) is 8.75. The van der Waals surface area contributed by atoms with Gasteiger partial charge in [0.05, 0.1) is 25.6 Å². The van der Waals surface area contributed by atoms with Crippen LogP contribution in [-0.4, -0.2) is 59.3 Å². The van der Waals surface area contributed by atoms with Crippen LogP contribution in [0, 0.1) is 13.8 Å².